The lowest BCUT2D eigenvalue weighted by molar-refractivity contribution is 0.0954. The van der Waals surface area contributed by atoms with Gasteiger partial charge in [0.2, 0.25) is 0 Å². The molecule has 0 radical (unpaired) electrons. The Balaban J connectivity index is 1.34. The van der Waals surface area contributed by atoms with Crippen molar-refractivity contribution in [2.75, 3.05) is 13.2 Å². The first-order valence-corrected chi connectivity index (χ1v) is 9.27. The molecule has 4 rings (SSSR count). The van der Waals surface area contributed by atoms with Gasteiger partial charge < -0.3 is 10.1 Å². The van der Waals surface area contributed by atoms with E-state index >= 15 is 0 Å². The second-order valence-corrected chi connectivity index (χ2v) is 6.93. The Kier molecular flexibility index (Phi) is 4.67. The maximum Gasteiger partial charge on any atom is 0.251 e. The van der Waals surface area contributed by atoms with Crippen molar-refractivity contribution >= 4 is 5.91 Å². The molecule has 2 heterocycles. The lowest BCUT2D eigenvalue weighted by Gasteiger charge is -2.08. The molecular weight excluding hydrogens is 338 g/mol. The summed E-state index contributed by atoms with van der Waals surface area (Å²) in [5.41, 5.74) is 6.17. The van der Waals surface area contributed by atoms with Crippen LogP contribution in [0.2, 0.25) is 0 Å². The van der Waals surface area contributed by atoms with Crippen molar-refractivity contribution in [3.8, 4) is 11.4 Å². The summed E-state index contributed by atoms with van der Waals surface area (Å²) in [6, 6.07) is 16.0. The predicted molar refractivity (Wildman–Crippen MR) is 105 cm³/mol. The molecule has 1 aliphatic rings. The minimum absolute atomic E-state index is 0.0380. The van der Waals surface area contributed by atoms with Crippen molar-refractivity contribution in [3.63, 3.8) is 0 Å². The van der Waals surface area contributed by atoms with E-state index in [1.54, 1.807) is 0 Å². The number of rotatable bonds is 5. The van der Waals surface area contributed by atoms with Crippen molar-refractivity contribution in [3.05, 3.63) is 76.6 Å². The van der Waals surface area contributed by atoms with Gasteiger partial charge in [0, 0.05) is 24.2 Å². The molecular formula is C22H23N3O2. The zero-order valence-electron chi connectivity index (χ0n) is 15.7. The highest BCUT2D eigenvalue weighted by molar-refractivity contribution is 5.94. The summed E-state index contributed by atoms with van der Waals surface area (Å²) < 4.78 is 7.43. The van der Waals surface area contributed by atoms with E-state index in [9.17, 15) is 4.79 Å². The molecule has 1 aromatic heterocycles. The molecule has 3 aromatic rings. The van der Waals surface area contributed by atoms with E-state index in [0.717, 1.165) is 41.2 Å². The van der Waals surface area contributed by atoms with E-state index in [1.165, 1.54) is 5.56 Å². The second kappa shape index (κ2) is 7.27. The van der Waals surface area contributed by atoms with Crippen LogP contribution in [0.5, 0.6) is 5.75 Å². The topological polar surface area (TPSA) is 56.2 Å². The molecule has 0 aliphatic carbocycles. The summed E-state index contributed by atoms with van der Waals surface area (Å²) in [5.74, 6) is 0.859. The molecule has 0 saturated carbocycles. The molecule has 1 amide bonds. The van der Waals surface area contributed by atoms with E-state index in [4.69, 9.17) is 4.74 Å². The fourth-order valence-electron chi connectivity index (χ4n) is 3.44. The molecule has 0 spiro atoms. The van der Waals surface area contributed by atoms with Gasteiger partial charge in [0.05, 0.1) is 18.0 Å². The van der Waals surface area contributed by atoms with Crippen LogP contribution in [0.4, 0.5) is 0 Å². The molecule has 1 aliphatic heterocycles. The summed E-state index contributed by atoms with van der Waals surface area (Å²) >= 11 is 0. The van der Waals surface area contributed by atoms with Crippen LogP contribution in [0.25, 0.3) is 5.69 Å². The molecule has 5 nitrogen and oxygen atoms in total. The number of ether oxygens (including phenoxy) is 1. The zero-order valence-corrected chi connectivity index (χ0v) is 15.7. The fraction of sp³-hybridized carbons (Fsp3) is 0.273. The van der Waals surface area contributed by atoms with Gasteiger partial charge in [-0.25, -0.2) is 4.68 Å². The molecule has 0 saturated heterocycles. The Bertz CT molecular complexity index is 974. The first kappa shape index (κ1) is 17.3. The van der Waals surface area contributed by atoms with E-state index in [2.05, 4.69) is 47.7 Å². The number of hydrogen-bond donors (Lipinski definition) is 1. The lowest BCUT2D eigenvalue weighted by Crippen LogP contribution is -2.25. The van der Waals surface area contributed by atoms with Crippen molar-refractivity contribution in [1.29, 1.82) is 0 Å². The van der Waals surface area contributed by atoms with Crippen molar-refractivity contribution in [2.24, 2.45) is 0 Å². The second-order valence-electron chi connectivity index (χ2n) is 6.93. The summed E-state index contributed by atoms with van der Waals surface area (Å²) in [7, 11) is 0. The number of aryl methyl sites for hydroxylation is 2. The average molecular weight is 361 g/mol. The van der Waals surface area contributed by atoms with Crippen LogP contribution in [-0.2, 0) is 12.8 Å². The normalized spacial score (nSPS) is 12.5. The van der Waals surface area contributed by atoms with E-state index in [0.29, 0.717) is 18.7 Å². The van der Waals surface area contributed by atoms with Crippen LogP contribution in [0.3, 0.4) is 0 Å². The first-order valence-electron chi connectivity index (χ1n) is 9.27. The highest BCUT2D eigenvalue weighted by Crippen LogP contribution is 2.25. The number of benzene rings is 2. The number of carbonyl (C=O) groups excluding carboxylic acids is 1. The number of nitrogens with zero attached hydrogens (tertiary/aromatic N) is 2. The summed E-state index contributed by atoms with van der Waals surface area (Å²) in [6.07, 6.45) is 1.66. The number of fused-ring (bicyclic) bond motifs is 1. The quantitative estimate of drug-likeness (QED) is 0.758. The minimum Gasteiger partial charge on any atom is -0.493 e. The van der Waals surface area contributed by atoms with Gasteiger partial charge in [-0.1, -0.05) is 12.1 Å². The predicted octanol–water partition coefficient (Wildman–Crippen LogP) is 3.40. The van der Waals surface area contributed by atoms with E-state index < -0.39 is 0 Å². The minimum atomic E-state index is -0.0380. The summed E-state index contributed by atoms with van der Waals surface area (Å²) in [4.78, 5) is 12.4. The first-order chi connectivity index (χ1) is 13.1. The van der Waals surface area contributed by atoms with Crippen LogP contribution in [0, 0.1) is 13.8 Å². The molecule has 2 aromatic carbocycles. The van der Waals surface area contributed by atoms with Crippen LogP contribution in [-0.4, -0.2) is 28.8 Å². The van der Waals surface area contributed by atoms with Crippen molar-refractivity contribution < 1.29 is 9.53 Å². The Morgan fingerprint density at radius 1 is 1.15 bits per heavy atom. The van der Waals surface area contributed by atoms with E-state index in [-0.39, 0.29) is 5.91 Å². The van der Waals surface area contributed by atoms with Gasteiger partial charge in [-0.2, -0.15) is 5.10 Å². The van der Waals surface area contributed by atoms with Crippen LogP contribution in [0.1, 0.15) is 32.9 Å². The molecule has 1 N–H and O–H groups in total. The molecule has 0 atom stereocenters. The fourth-order valence-corrected chi connectivity index (χ4v) is 3.44. The third-order valence-corrected chi connectivity index (χ3v) is 4.84. The van der Waals surface area contributed by atoms with Gasteiger partial charge in [-0.05, 0) is 67.8 Å². The van der Waals surface area contributed by atoms with Crippen LogP contribution in [0.15, 0.2) is 48.5 Å². The highest BCUT2D eigenvalue weighted by Gasteiger charge is 2.14. The maximum atomic E-state index is 12.4. The van der Waals surface area contributed by atoms with Gasteiger partial charge in [-0.15, -0.1) is 0 Å². The standard InChI is InChI=1S/C22H23N3O2/c1-15-13-16(2)25(24-15)20-6-3-17(4-7-20)9-11-23-22(26)19-5-8-21-18(14-19)10-12-27-21/h3-8,13-14H,9-12H2,1-2H3,(H,23,26). The monoisotopic (exact) mass is 361 g/mol. The van der Waals surface area contributed by atoms with Crippen molar-refractivity contribution in [2.45, 2.75) is 26.7 Å². The third kappa shape index (κ3) is 3.72. The Morgan fingerprint density at radius 3 is 2.70 bits per heavy atom. The number of carbonyl (C=O) groups is 1. The molecule has 0 unspecified atom stereocenters. The molecule has 138 valence electrons. The van der Waals surface area contributed by atoms with Gasteiger partial charge in [-0.3, -0.25) is 4.79 Å². The zero-order chi connectivity index (χ0) is 18.8. The van der Waals surface area contributed by atoms with Crippen LogP contribution >= 0.6 is 0 Å². The number of amides is 1. The maximum absolute atomic E-state index is 12.4. The van der Waals surface area contributed by atoms with E-state index in [1.807, 2.05) is 29.8 Å². The number of nitrogens with one attached hydrogen (secondary N) is 1. The van der Waals surface area contributed by atoms with Gasteiger partial charge >= 0.3 is 0 Å². The van der Waals surface area contributed by atoms with Gasteiger partial charge in [0.25, 0.3) is 5.91 Å². The average Bonchev–Trinajstić information content (AvgIpc) is 3.27. The summed E-state index contributed by atoms with van der Waals surface area (Å²) in [6.45, 7) is 5.35. The SMILES string of the molecule is Cc1cc(C)n(-c2ccc(CCNC(=O)c3ccc4c(c3)CCO4)cc2)n1. The van der Waals surface area contributed by atoms with Gasteiger partial charge in [0.15, 0.2) is 0 Å². The number of aromatic nitrogens is 2. The Labute approximate surface area is 159 Å². The van der Waals surface area contributed by atoms with Gasteiger partial charge in [0.1, 0.15) is 5.75 Å². The summed E-state index contributed by atoms with van der Waals surface area (Å²) in [5, 5.41) is 7.50. The lowest BCUT2D eigenvalue weighted by atomic mass is 10.1. The highest BCUT2D eigenvalue weighted by atomic mass is 16.5. The molecule has 27 heavy (non-hydrogen) atoms. The third-order valence-electron chi connectivity index (χ3n) is 4.84. The Hall–Kier alpha value is -3.08. The van der Waals surface area contributed by atoms with Crippen LogP contribution < -0.4 is 10.1 Å². The molecule has 0 fully saturated rings. The molecule has 0 bridgehead atoms. The molecule has 5 heteroatoms. The number of hydrogen-bond acceptors (Lipinski definition) is 3. The Morgan fingerprint density at radius 2 is 1.96 bits per heavy atom. The smallest absolute Gasteiger partial charge is 0.251 e. The van der Waals surface area contributed by atoms with Crippen molar-refractivity contribution in [1.82, 2.24) is 15.1 Å². The largest absolute Gasteiger partial charge is 0.493 e.